The van der Waals surface area contributed by atoms with E-state index in [2.05, 4.69) is 24.4 Å². The van der Waals surface area contributed by atoms with Crippen molar-refractivity contribution in [3.8, 4) is 5.75 Å². The minimum atomic E-state index is -0.519. The SMILES string of the molecule is Cc1ccc(C)c(OCCCC(C)(C)C(=O)Nc2ccc(C(=O)N3CCCC3)cc2)c1. The Morgan fingerprint density at radius 1 is 1.03 bits per heavy atom. The van der Waals surface area contributed by atoms with Gasteiger partial charge in [-0.2, -0.15) is 0 Å². The van der Waals surface area contributed by atoms with Gasteiger partial charge in [-0.1, -0.05) is 26.0 Å². The number of nitrogens with zero attached hydrogens (tertiary/aromatic N) is 1. The molecule has 1 aliphatic heterocycles. The molecule has 0 unspecified atom stereocenters. The van der Waals surface area contributed by atoms with E-state index in [1.54, 1.807) is 24.3 Å². The van der Waals surface area contributed by atoms with Crippen LogP contribution < -0.4 is 10.1 Å². The molecule has 5 heteroatoms. The first-order chi connectivity index (χ1) is 14.8. The van der Waals surface area contributed by atoms with Crippen LogP contribution in [0.25, 0.3) is 0 Å². The molecule has 3 rings (SSSR count). The molecule has 0 atom stereocenters. The van der Waals surface area contributed by atoms with E-state index in [0.717, 1.165) is 50.1 Å². The molecule has 1 heterocycles. The summed E-state index contributed by atoms with van der Waals surface area (Å²) in [5.41, 5.74) is 3.16. The van der Waals surface area contributed by atoms with Crippen molar-refractivity contribution in [2.75, 3.05) is 25.0 Å². The maximum Gasteiger partial charge on any atom is 0.253 e. The first-order valence-electron chi connectivity index (χ1n) is 11.2. The van der Waals surface area contributed by atoms with Gasteiger partial charge in [-0.25, -0.2) is 0 Å². The molecule has 2 amide bonds. The zero-order chi connectivity index (χ0) is 22.4. The van der Waals surface area contributed by atoms with Gasteiger partial charge < -0.3 is 15.0 Å². The number of amides is 2. The van der Waals surface area contributed by atoms with Crippen molar-refractivity contribution in [1.82, 2.24) is 4.90 Å². The number of carbonyl (C=O) groups is 2. The minimum absolute atomic E-state index is 0.0298. The summed E-state index contributed by atoms with van der Waals surface area (Å²) in [6.07, 6.45) is 3.65. The molecule has 1 fully saturated rings. The summed E-state index contributed by atoms with van der Waals surface area (Å²) in [5.74, 6) is 0.947. The molecule has 0 bridgehead atoms. The Labute approximate surface area is 185 Å². The minimum Gasteiger partial charge on any atom is -0.493 e. The predicted octanol–water partition coefficient (Wildman–Crippen LogP) is 5.36. The predicted molar refractivity (Wildman–Crippen MR) is 125 cm³/mol. The van der Waals surface area contributed by atoms with Crippen LogP contribution in [0, 0.1) is 19.3 Å². The Morgan fingerprint density at radius 3 is 2.39 bits per heavy atom. The summed E-state index contributed by atoms with van der Waals surface area (Å²) in [6.45, 7) is 10.2. The quantitative estimate of drug-likeness (QED) is 0.582. The van der Waals surface area contributed by atoms with Gasteiger partial charge in [-0.15, -0.1) is 0 Å². The number of aryl methyl sites for hydroxylation is 2. The summed E-state index contributed by atoms with van der Waals surface area (Å²) >= 11 is 0. The van der Waals surface area contributed by atoms with Crippen LogP contribution in [0.1, 0.15) is 61.0 Å². The molecular weight excluding hydrogens is 388 g/mol. The molecule has 1 saturated heterocycles. The third kappa shape index (κ3) is 6.09. The summed E-state index contributed by atoms with van der Waals surface area (Å²) < 4.78 is 5.92. The summed E-state index contributed by atoms with van der Waals surface area (Å²) in [6, 6.07) is 13.4. The van der Waals surface area contributed by atoms with Gasteiger partial charge in [0.1, 0.15) is 5.75 Å². The lowest BCUT2D eigenvalue weighted by Gasteiger charge is -2.24. The molecule has 0 aromatic heterocycles. The largest absolute Gasteiger partial charge is 0.493 e. The number of rotatable bonds is 8. The fourth-order valence-corrected chi connectivity index (χ4v) is 3.77. The third-order valence-electron chi connectivity index (χ3n) is 5.95. The number of carbonyl (C=O) groups excluding carboxylic acids is 2. The van der Waals surface area contributed by atoms with Crippen molar-refractivity contribution in [1.29, 1.82) is 0 Å². The summed E-state index contributed by atoms with van der Waals surface area (Å²) in [7, 11) is 0. The molecular formula is C26H34N2O3. The second kappa shape index (κ2) is 9.99. The van der Waals surface area contributed by atoms with Crippen LogP contribution in [-0.4, -0.2) is 36.4 Å². The van der Waals surface area contributed by atoms with Gasteiger partial charge in [-0.05, 0) is 81.0 Å². The first kappa shape index (κ1) is 22.9. The van der Waals surface area contributed by atoms with Crippen LogP contribution in [0.2, 0.25) is 0 Å². The fraction of sp³-hybridized carbons (Fsp3) is 0.462. The number of likely N-dealkylation sites (tertiary alicyclic amines) is 1. The molecule has 2 aromatic rings. The van der Waals surface area contributed by atoms with E-state index in [1.807, 2.05) is 31.7 Å². The number of anilines is 1. The standard InChI is InChI=1S/C26H34N2O3/c1-19-8-9-20(2)23(18-19)31-17-7-14-26(3,4)25(30)27-22-12-10-21(11-13-22)24(29)28-15-5-6-16-28/h8-13,18H,5-7,14-17H2,1-4H3,(H,27,30). The highest BCUT2D eigenvalue weighted by Crippen LogP contribution is 2.26. The number of hydrogen-bond acceptors (Lipinski definition) is 3. The lowest BCUT2D eigenvalue weighted by Crippen LogP contribution is -2.31. The first-order valence-corrected chi connectivity index (χ1v) is 11.2. The Hall–Kier alpha value is -2.82. The number of benzene rings is 2. The molecule has 0 saturated carbocycles. The normalized spacial score (nSPS) is 13.9. The van der Waals surface area contributed by atoms with Crippen LogP contribution in [0.15, 0.2) is 42.5 Å². The van der Waals surface area contributed by atoms with Gasteiger partial charge in [-0.3, -0.25) is 9.59 Å². The van der Waals surface area contributed by atoms with Crippen molar-refractivity contribution >= 4 is 17.5 Å². The van der Waals surface area contributed by atoms with E-state index in [-0.39, 0.29) is 11.8 Å². The maximum atomic E-state index is 12.8. The zero-order valence-electron chi connectivity index (χ0n) is 19.2. The Bertz CT molecular complexity index is 913. The van der Waals surface area contributed by atoms with E-state index in [9.17, 15) is 9.59 Å². The molecule has 1 N–H and O–H groups in total. The van der Waals surface area contributed by atoms with Gasteiger partial charge in [0.15, 0.2) is 0 Å². The Morgan fingerprint density at radius 2 is 1.71 bits per heavy atom. The average Bonchev–Trinajstić information content (AvgIpc) is 3.28. The molecule has 2 aromatic carbocycles. The van der Waals surface area contributed by atoms with Crippen molar-refractivity contribution in [2.24, 2.45) is 5.41 Å². The number of nitrogens with one attached hydrogen (secondary N) is 1. The van der Waals surface area contributed by atoms with E-state index in [4.69, 9.17) is 4.74 Å². The topological polar surface area (TPSA) is 58.6 Å². The lowest BCUT2D eigenvalue weighted by atomic mass is 9.87. The van der Waals surface area contributed by atoms with Gasteiger partial charge >= 0.3 is 0 Å². The monoisotopic (exact) mass is 422 g/mol. The van der Waals surface area contributed by atoms with Crippen molar-refractivity contribution < 1.29 is 14.3 Å². The highest BCUT2D eigenvalue weighted by molar-refractivity contribution is 5.97. The van der Waals surface area contributed by atoms with Crippen molar-refractivity contribution in [3.05, 3.63) is 59.2 Å². The summed E-state index contributed by atoms with van der Waals surface area (Å²) in [5, 5.41) is 2.99. The zero-order valence-corrected chi connectivity index (χ0v) is 19.2. The molecule has 5 nitrogen and oxygen atoms in total. The van der Waals surface area contributed by atoms with Crippen LogP contribution >= 0.6 is 0 Å². The van der Waals surface area contributed by atoms with Crippen molar-refractivity contribution in [2.45, 2.75) is 53.4 Å². The second-order valence-electron chi connectivity index (χ2n) is 9.14. The molecule has 31 heavy (non-hydrogen) atoms. The van der Waals surface area contributed by atoms with Crippen LogP contribution in [0.3, 0.4) is 0 Å². The van der Waals surface area contributed by atoms with E-state index in [1.165, 1.54) is 5.56 Å². The van der Waals surface area contributed by atoms with Crippen LogP contribution in [-0.2, 0) is 4.79 Å². The van der Waals surface area contributed by atoms with Crippen LogP contribution in [0.5, 0.6) is 5.75 Å². The molecule has 1 aliphatic rings. The molecule has 0 spiro atoms. The molecule has 166 valence electrons. The third-order valence-corrected chi connectivity index (χ3v) is 5.95. The van der Waals surface area contributed by atoms with Gasteiger partial charge in [0, 0.05) is 29.8 Å². The van der Waals surface area contributed by atoms with E-state index >= 15 is 0 Å². The van der Waals surface area contributed by atoms with Gasteiger partial charge in [0.05, 0.1) is 6.61 Å². The lowest BCUT2D eigenvalue weighted by molar-refractivity contribution is -0.124. The van der Waals surface area contributed by atoms with E-state index < -0.39 is 5.41 Å². The summed E-state index contributed by atoms with van der Waals surface area (Å²) in [4.78, 5) is 27.1. The highest BCUT2D eigenvalue weighted by atomic mass is 16.5. The molecule has 0 aliphatic carbocycles. The average molecular weight is 423 g/mol. The Kier molecular flexibility index (Phi) is 7.37. The molecule has 0 radical (unpaired) electrons. The van der Waals surface area contributed by atoms with Gasteiger partial charge in [0.25, 0.3) is 5.91 Å². The van der Waals surface area contributed by atoms with E-state index in [0.29, 0.717) is 17.9 Å². The second-order valence-corrected chi connectivity index (χ2v) is 9.14. The maximum absolute atomic E-state index is 12.8. The number of hydrogen-bond donors (Lipinski definition) is 1. The number of ether oxygens (including phenoxy) is 1. The van der Waals surface area contributed by atoms with Gasteiger partial charge in [0.2, 0.25) is 5.91 Å². The fourth-order valence-electron chi connectivity index (χ4n) is 3.77. The Balaban J connectivity index is 1.48. The highest BCUT2D eigenvalue weighted by Gasteiger charge is 2.27. The van der Waals surface area contributed by atoms with Crippen LogP contribution in [0.4, 0.5) is 5.69 Å². The smallest absolute Gasteiger partial charge is 0.253 e. The van der Waals surface area contributed by atoms with Crippen molar-refractivity contribution in [3.63, 3.8) is 0 Å².